The lowest BCUT2D eigenvalue weighted by Gasteiger charge is -2.35. The molecule has 7 nitrogen and oxygen atoms in total. The molecule has 1 saturated carbocycles. The van der Waals surface area contributed by atoms with Gasteiger partial charge in [-0.2, -0.15) is 0 Å². The van der Waals surface area contributed by atoms with Crippen LogP contribution in [0.1, 0.15) is 53.6 Å². The number of aliphatic carboxylic acids is 1. The fourth-order valence-corrected chi connectivity index (χ4v) is 7.59. The molecule has 3 aromatic rings. The Kier molecular flexibility index (Phi) is 7.73. The number of thiazole rings is 1. The molecule has 1 aliphatic carbocycles. The number of hydrogen-bond acceptors (Lipinski definition) is 6. The largest absolute Gasteiger partial charge is 0.488 e. The smallest absolute Gasteiger partial charge is 0.307 e. The Morgan fingerprint density at radius 1 is 1.07 bits per heavy atom. The van der Waals surface area contributed by atoms with E-state index in [1.165, 1.54) is 6.42 Å². The first-order chi connectivity index (χ1) is 19.4. The van der Waals surface area contributed by atoms with Crippen molar-refractivity contribution in [1.29, 1.82) is 0 Å². The van der Waals surface area contributed by atoms with Crippen molar-refractivity contribution >= 4 is 39.9 Å². The van der Waals surface area contributed by atoms with Gasteiger partial charge in [-0.15, -0.1) is 11.3 Å². The molecule has 1 N–H and O–H groups in total. The molecule has 6 rings (SSSR count). The number of ether oxygens (including phenoxy) is 1. The van der Waals surface area contributed by atoms with E-state index in [4.69, 9.17) is 21.3 Å². The Hall–Kier alpha value is -3.10. The first-order valence-corrected chi connectivity index (χ1v) is 15.4. The Morgan fingerprint density at radius 2 is 1.82 bits per heavy atom. The lowest BCUT2D eigenvalue weighted by Crippen LogP contribution is -2.44. The van der Waals surface area contributed by atoms with E-state index in [0.29, 0.717) is 17.4 Å². The zero-order valence-corrected chi connectivity index (χ0v) is 24.2. The minimum absolute atomic E-state index is 0.106. The number of carboxylic acid groups (broad SMARTS) is 1. The summed E-state index contributed by atoms with van der Waals surface area (Å²) in [7, 11) is 0. The molecule has 2 aliphatic heterocycles. The van der Waals surface area contributed by atoms with Crippen LogP contribution in [0.25, 0.3) is 11.3 Å². The standard InChI is InChI=1S/C31H34ClN3O4S/c1-19-13-20(29(36)34-11-3-2-4-12-34)5-8-23(19)17-39-27-10-9-24(32)14-25(27)26-18-40-31(33-26)35-15-21-6-7-22(16-35)28(21)30(37)38/h5,8-10,13-14,18,21-22,28H,2-4,6-7,11-12,15-17H2,1H3,(H,37,38). The van der Waals surface area contributed by atoms with Crippen LogP contribution in [0.2, 0.25) is 5.02 Å². The molecule has 0 spiro atoms. The number of hydrogen-bond donors (Lipinski definition) is 1. The molecule has 2 aromatic carbocycles. The molecule has 2 unspecified atom stereocenters. The molecule has 1 amide bonds. The van der Waals surface area contributed by atoms with E-state index in [9.17, 15) is 14.7 Å². The second kappa shape index (κ2) is 11.4. The van der Waals surface area contributed by atoms with Crippen molar-refractivity contribution in [2.75, 3.05) is 31.1 Å². The van der Waals surface area contributed by atoms with Crippen molar-refractivity contribution in [1.82, 2.24) is 9.88 Å². The summed E-state index contributed by atoms with van der Waals surface area (Å²) >= 11 is 7.96. The van der Waals surface area contributed by atoms with Crippen molar-refractivity contribution in [3.05, 3.63) is 63.5 Å². The van der Waals surface area contributed by atoms with Gasteiger partial charge in [-0.3, -0.25) is 9.59 Å². The Labute approximate surface area is 243 Å². The summed E-state index contributed by atoms with van der Waals surface area (Å²) in [6.07, 6.45) is 5.28. The van der Waals surface area contributed by atoms with Gasteiger partial charge >= 0.3 is 5.97 Å². The molecule has 2 atom stereocenters. The number of anilines is 1. The number of aryl methyl sites for hydroxylation is 1. The highest BCUT2D eigenvalue weighted by Gasteiger charge is 2.46. The van der Waals surface area contributed by atoms with E-state index in [1.807, 2.05) is 53.6 Å². The van der Waals surface area contributed by atoms with Crippen LogP contribution in [-0.2, 0) is 11.4 Å². The van der Waals surface area contributed by atoms with E-state index in [2.05, 4.69) is 4.90 Å². The lowest BCUT2D eigenvalue weighted by atomic mass is 9.85. The fourth-order valence-electron chi connectivity index (χ4n) is 6.57. The van der Waals surface area contributed by atoms with Crippen LogP contribution < -0.4 is 9.64 Å². The maximum atomic E-state index is 12.9. The third kappa shape index (κ3) is 5.44. The minimum Gasteiger partial charge on any atom is -0.488 e. The van der Waals surface area contributed by atoms with E-state index in [1.54, 1.807) is 11.3 Å². The number of rotatable bonds is 7. The minimum atomic E-state index is -0.661. The first-order valence-electron chi connectivity index (χ1n) is 14.1. The molecule has 210 valence electrons. The highest BCUT2D eigenvalue weighted by atomic mass is 35.5. The topological polar surface area (TPSA) is 83.0 Å². The van der Waals surface area contributed by atoms with Crippen LogP contribution in [0.15, 0.2) is 41.8 Å². The maximum absolute atomic E-state index is 12.9. The summed E-state index contributed by atoms with van der Waals surface area (Å²) in [5.41, 5.74) is 4.39. The molecule has 1 aromatic heterocycles. The summed E-state index contributed by atoms with van der Waals surface area (Å²) in [5, 5.41) is 13.2. The summed E-state index contributed by atoms with van der Waals surface area (Å²) in [5.74, 6) is 0.264. The molecule has 2 bridgehead atoms. The second-order valence-corrected chi connectivity index (χ2v) is 12.6. The van der Waals surface area contributed by atoms with Crippen molar-refractivity contribution in [2.45, 2.75) is 45.6 Å². The molecule has 0 radical (unpaired) electrons. The number of amides is 1. The molecule has 3 heterocycles. The van der Waals surface area contributed by atoms with Gasteiger partial charge in [0, 0.05) is 47.7 Å². The maximum Gasteiger partial charge on any atom is 0.307 e. The molecule has 3 aliphatic rings. The highest BCUT2D eigenvalue weighted by Crippen LogP contribution is 2.44. The third-order valence-corrected chi connectivity index (χ3v) is 9.85. The number of carboxylic acids is 1. The monoisotopic (exact) mass is 579 g/mol. The van der Waals surface area contributed by atoms with Crippen molar-refractivity contribution in [3.8, 4) is 17.0 Å². The highest BCUT2D eigenvalue weighted by molar-refractivity contribution is 7.14. The van der Waals surface area contributed by atoms with Gasteiger partial charge < -0.3 is 19.6 Å². The summed E-state index contributed by atoms with van der Waals surface area (Å²) < 4.78 is 6.30. The van der Waals surface area contributed by atoms with E-state index >= 15 is 0 Å². The lowest BCUT2D eigenvalue weighted by molar-refractivity contribution is -0.144. The summed E-state index contributed by atoms with van der Waals surface area (Å²) in [4.78, 5) is 33.8. The molecule has 3 fully saturated rings. The van der Waals surface area contributed by atoms with Gasteiger partial charge in [-0.05, 0) is 92.3 Å². The zero-order valence-electron chi connectivity index (χ0n) is 22.6. The van der Waals surface area contributed by atoms with Crippen molar-refractivity contribution in [3.63, 3.8) is 0 Å². The van der Waals surface area contributed by atoms with Crippen LogP contribution in [0.5, 0.6) is 5.75 Å². The number of nitrogens with zero attached hydrogens (tertiary/aromatic N) is 3. The van der Waals surface area contributed by atoms with Gasteiger partial charge in [0.2, 0.25) is 0 Å². The first kappa shape index (κ1) is 27.1. The molecular weight excluding hydrogens is 546 g/mol. The van der Waals surface area contributed by atoms with Crippen LogP contribution in [0.3, 0.4) is 0 Å². The van der Waals surface area contributed by atoms with E-state index in [0.717, 1.165) is 84.9 Å². The average molecular weight is 580 g/mol. The number of likely N-dealkylation sites (tertiary alicyclic amines) is 1. The number of aromatic nitrogens is 1. The Morgan fingerprint density at radius 3 is 2.52 bits per heavy atom. The van der Waals surface area contributed by atoms with E-state index in [-0.39, 0.29) is 23.7 Å². The molecular formula is C31H34ClN3O4S. The van der Waals surface area contributed by atoms with Crippen molar-refractivity contribution in [2.24, 2.45) is 17.8 Å². The summed E-state index contributed by atoms with van der Waals surface area (Å²) in [6, 6.07) is 11.4. The van der Waals surface area contributed by atoms with Crippen LogP contribution in [0, 0.1) is 24.7 Å². The molecule has 2 saturated heterocycles. The molecule has 9 heteroatoms. The number of carbonyl (C=O) groups is 2. The van der Waals surface area contributed by atoms with Gasteiger partial charge in [0.25, 0.3) is 5.91 Å². The predicted molar refractivity (Wildman–Crippen MR) is 157 cm³/mol. The fraction of sp³-hybridized carbons (Fsp3) is 0.452. The van der Waals surface area contributed by atoms with Crippen molar-refractivity contribution < 1.29 is 19.4 Å². The number of piperidine rings is 2. The Balaban J connectivity index is 1.16. The van der Waals surface area contributed by atoms with Gasteiger partial charge in [-0.25, -0.2) is 4.98 Å². The van der Waals surface area contributed by atoms with Gasteiger partial charge in [-0.1, -0.05) is 17.7 Å². The number of benzene rings is 2. The summed E-state index contributed by atoms with van der Waals surface area (Å²) in [6.45, 7) is 5.51. The number of halogens is 1. The number of fused-ring (bicyclic) bond motifs is 2. The normalized spacial score (nSPS) is 22.4. The van der Waals surface area contributed by atoms with Gasteiger partial charge in [0.05, 0.1) is 11.6 Å². The van der Waals surface area contributed by atoms with Gasteiger partial charge in [0.15, 0.2) is 5.13 Å². The van der Waals surface area contributed by atoms with Crippen LogP contribution in [0.4, 0.5) is 5.13 Å². The van der Waals surface area contributed by atoms with Crippen LogP contribution >= 0.6 is 22.9 Å². The SMILES string of the molecule is Cc1cc(C(=O)N2CCCCC2)ccc1COc1ccc(Cl)cc1-c1csc(N2CC3CCC(C2)C3C(=O)O)n1. The zero-order chi connectivity index (χ0) is 27.8. The van der Waals surface area contributed by atoms with Crippen LogP contribution in [-0.4, -0.2) is 53.0 Å². The Bertz CT molecular complexity index is 1410. The average Bonchev–Trinajstić information content (AvgIpc) is 3.55. The molecule has 40 heavy (non-hydrogen) atoms. The third-order valence-electron chi connectivity index (χ3n) is 8.72. The second-order valence-electron chi connectivity index (χ2n) is 11.3. The quantitative estimate of drug-likeness (QED) is 0.343. The predicted octanol–water partition coefficient (Wildman–Crippen LogP) is 6.52. The number of carbonyl (C=O) groups excluding carboxylic acids is 1. The van der Waals surface area contributed by atoms with Gasteiger partial charge in [0.1, 0.15) is 12.4 Å². The van der Waals surface area contributed by atoms with E-state index < -0.39 is 5.97 Å².